The first-order valence-electron chi connectivity index (χ1n) is 15.5. The van der Waals surface area contributed by atoms with Crippen molar-refractivity contribution in [3.8, 4) is 0 Å². The number of nitrogens with one attached hydrogen (secondary N) is 2. The number of carbonyl (C=O) groups is 2. The number of anilines is 1. The van der Waals surface area contributed by atoms with E-state index in [0.717, 1.165) is 6.07 Å². The second kappa shape index (κ2) is 14.1. The molecule has 5 rings (SSSR count). The fraction of sp³-hybridized carbons (Fsp3) is 0.294. The van der Waals surface area contributed by atoms with E-state index in [-0.39, 0.29) is 22.6 Å². The second-order valence-electron chi connectivity index (χ2n) is 12.7. The number of aliphatic imine (C=N–C) groups is 1. The molecule has 0 bridgehead atoms. The average Bonchev–Trinajstić information content (AvgIpc) is 3.49. The molecule has 3 heterocycles. The molecule has 270 valence electrons. The molecule has 4 N–H and O–H groups in total. The van der Waals surface area contributed by atoms with Crippen molar-refractivity contribution in [2.24, 2.45) is 10.7 Å². The lowest BCUT2D eigenvalue weighted by molar-refractivity contribution is -0.137. The van der Waals surface area contributed by atoms with Gasteiger partial charge < -0.3 is 20.4 Å². The summed E-state index contributed by atoms with van der Waals surface area (Å²) in [5.41, 5.74) is 3.15. The Bertz CT molecular complexity index is 2130. The molecule has 0 atom stereocenters. The number of likely N-dealkylation sites (tertiary alicyclic amines) is 1. The lowest BCUT2D eigenvalue weighted by atomic mass is 10.00. The third-order valence-corrected chi connectivity index (χ3v) is 9.27. The smallest absolute Gasteiger partial charge is 0.416 e. The molecular weight excluding hydrogens is 699 g/mol. The first kappa shape index (κ1) is 36.9. The van der Waals surface area contributed by atoms with Crippen molar-refractivity contribution in [1.82, 2.24) is 14.9 Å². The van der Waals surface area contributed by atoms with E-state index in [1.165, 1.54) is 30.9 Å². The van der Waals surface area contributed by atoms with Gasteiger partial charge in [-0.25, -0.2) is 27.0 Å². The highest BCUT2D eigenvalue weighted by Gasteiger charge is 2.32. The van der Waals surface area contributed by atoms with Gasteiger partial charge in [-0.3, -0.25) is 14.5 Å². The molecule has 51 heavy (non-hydrogen) atoms. The minimum Gasteiger partial charge on any atom is -0.444 e. The molecule has 17 heteroatoms. The number of sulfonamides is 1. The first-order valence-corrected chi connectivity index (χ1v) is 17.0. The van der Waals surface area contributed by atoms with Gasteiger partial charge in [0.05, 0.1) is 27.8 Å². The van der Waals surface area contributed by atoms with Crippen molar-refractivity contribution in [3.63, 3.8) is 0 Å². The number of ether oxygens (including phenoxy) is 1. The van der Waals surface area contributed by atoms with Gasteiger partial charge >= 0.3 is 12.3 Å². The van der Waals surface area contributed by atoms with Crippen LogP contribution in [0.25, 0.3) is 16.6 Å². The standard InChI is InChI=1S/C34H33F5N6O5S/c1-33(2,3)50-32(47)45-12-10-22(11-13-45)41-17-20(15-40)19-14-24-25(18-43-31(24)42-16-19)30(46)28-26(35)8-9-27(29(28)36)44-51(48,49)23-6-4-21(5-7-23)34(37,38)39/h4-9,14-18,22,44H,10-13,40H2,1-3H3,(H,42,43)/b20-15+,41-17?. The molecule has 1 aliphatic heterocycles. The molecule has 1 fully saturated rings. The number of carbonyl (C=O) groups excluding carboxylic acids is 2. The summed E-state index contributed by atoms with van der Waals surface area (Å²) in [5, 5.41) is 0.172. The highest BCUT2D eigenvalue weighted by atomic mass is 32.2. The molecule has 4 aromatic rings. The number of nitrogens with two attached hydrogens (primary N) is 1. The Balaban J connectivity index is 1.35. The number of H-pyrrole nitrogens is 1. The fourth-order valence-electron chi connectivity index (χ4n) is 5.27. The van der Waals surface area contributed by atoms with Crippen LogP contribution in [0.15, 0.2) is 70.9 Å². The molecule has 2 aromatic carbocycles. The molecule has 0 radical (unpaired) electrons. The van der Waals surface area contributed by atoms with E-state index in [1.54, 1.807) is 25.7 Å². The lowest BCUT2D eigenvalue weighted by Gasteiger charge is -2.32. The van der Waals surface area contributed by atoms with Crippen LogP contribution in [0, 0.1) is 11.6 Å². The van der Waals surface area contributed by atoms with E-state index in [9.17, 15) is 31.2 Å². The van der Waals surface area contributed by atoms with Gasteiger partial charge in [-0.1, -0.05) is 0 Å². The lowest BCUT2D eigenvalue weighted by Crippen LogP contribution is -2.42. The molecule has 1 aliphatic rings. The number of benzene rings is 2. The highest BCUT2D eigenvalue weighted by Crippen LogP contribution is 2.32. The number of nitrogens with zero attached hydrogens (tertiary/aromatic N) is 3. The quantitative estimate of drug-likeness (QED) is 0.104. The van der Waals surface area contributed by atoms with Crippen molar-refractivity contribution in [3.05, 3.63) is 94.9 Å². The maximum atomic E-state index is 15.7. The van der Waals surface area contributed by atoms with Crippen molar-refractivity contribution >= 4 is 50.4 Å². The predicted octanol–water partition coefficient (Wildman–Crippen LogP) is 6.66. The third-order valence-electron chi connectivity index (χ3n) is 7.88. The fourth-order valence-corrected chi connectivity index (χ4v) is 6.33. The number of pyridine rings is 1. The summed E-state index contributed by atoms with van der Waals surface area (Å²) in [7, 11) is -4.65. The largest absolute Gasteiger partial charge is 0.444 e. The van der Waals surface area contributed by atoms with Gasteiger partial charge in [0.2, 0.25) is 5.78 Å². The van der Waals surface area contributed by atoms with Crippen LogP contribution in [0.4, 0.5) is 32.4 Å². The van der Waals surface area contributed by atoms with E-state index in [4.69, 9.17) is 10.5 Å². The average molecular weight is 733 g/mol. The number of amides is 1. The number of alkyl halides is 3. The predicted molar refractivity (Wildman–Crippen MR) is 180 cm³/mol. The van der Waals surface area contributed by atoms with Crippen LogP contribution in [0.2, 0.25) is 0 Å². The number of fused-ring (bicyclic) bond motifs is 1. The summed E-state index contributed by atoms with van der Waals surface area (Å²) in [6.45, 7) is 6.28. The monoisotopic (exact) mass is 732 g/mol. The summed E-state index contributed by atoms with van der Waals surface area (Å²) in [4.78, 5) is 38.6. The van der Waals surface area contributed by atoms with Crippen LogP contribution in [0.3, 0.4) is 0 Å². The topological polar surface area (TPSA) is 160 Å². The zero-order valence-electron chi connectivity index (χ0n) is 27.5. The van der Waals surface area contributed by atoms with Crippen molar-refractivity contribution < 1.29 is 44.7 Å². The number of aromatic nitrogens is 2. The Kier molecular flexibility index (Phi) is 10.2. The van der Waals surface area contributed by atoms with E-state index in [0.29, 0.717) is 67.4 Å². The first-order chi connectivity index (χ1) is 23.9. The molecule has 11 nitrogen and oxygen atoms in total. The normalized spacial score (nSPS) is 15.1. The Labute approximate surface area is 289 Å². The Hall–Kier alpha value is -5.32. The van der Waals surface area contributed by atoms with E-state index >= 15 is 8.78 Å². The number of ketones is 1. The SMILES string of the molecule is CC(C)(C)OC(=O)N1CCC(N=C/C(=C\N)c2cnc3[nH]cc(C(=O)c4c(F)ccc(NS(=O)(=O)c5ccc(C(F)(F)F)cc5)c4F)c3c2)CC1. The van der Waals surface area contributed by atoms with Crippen LogP contribution < -0.4 is 10.5 Å². The molecule has 1 amide bonds. The maximum Gasteiger partial charge on any atom is 0.416 e. The van der Waals surface area contributed by atoms with Crippen molar-refractivity contribution in [2.45, 2.75) is 56.3 Å². The zero-order valence-corrected chi connectivity index (χ0v) is 28.3. The van der Waals surface area contributed by atoms with Gasteiger partial charge in [0, 0.05) is 60.0 Å². The van der Waals surface area contributed by atoms with Gasteiger partial charge in [-0.2, -0.15) is 13.2 Å². The summed E-state index contributed by atoms with van der Waals surface area (Å²) < 4.78 is 102. The van der Waals surface area contributed by atoms with Crippen LogP contribution in [0.1, 0.15) is 60.7 Å². The highest BCUT2D eigenvalue weighted by molar-refractivity contribution is 7.92. The Morgan fingerprint density at radius 2 is 1.75 bits per heavy atom. The van der Waals surface area contributed by atoms with E-state index in [1.807, 2.05) is 4.72 Å². The van der Waals surface area contributed by atoms with Gasteiger partial charge in [0.25, 0.3) is 10.0 Å². The van der Waals surface area contributed by atoms with Gasteiger partial charge in [-0.05, 0) is 76.1 Å². The van der Waals surface area contributed by atoms with Crippen LogP contribution in [0.5, 0.6) is 0 Å². The number of rotatable bonds is 8. The van der Waals surface area contributed by atoms with Gasteiger partial charge in [0.15, 0.2) is 5.82 Å². The molecule has 0 spiro atoms. The van der Waals surface area contributed by atoms with E-state index < -0.39 is 67.0 Å². The van der Waals surface area contributed by atoms with Crippen LogP contribution in [-0.4, -0.2) is 66.1 Å². The van der Waals surface area contributed by atoms with Crippen molar-refractivity contribution in [2.75, 3.05) is 17.8 Å². The summed E-state index contributed by atoms with van der Waals surface area (Å²) >= 11 is 0. The summed E-state index contributed by atoms with van der Waals surface area (Å²) in [6, 6.07) is 5.28. The Morgan fingerprint density at radius 3 is 2.35 bits per heavy atom. The second-order valence-corrected chi connectivity index (χ2v) is 14.3. The van der Waals surface area contributed by atoms with Crippen molar-refractivity contribution in [1.29, 1.82) is 0 Å². The summed E-state index contributed by atoms with van der Waals surface area (Å²) in [5.74, 6) is -3.98. The number of allylic oxidation sites excluding steroid dienone is 1. The zero-order chi connectivity index (χ0) is 37.3. The molecule has 0 unspecified atom stereocenters. The Morgan fingerprint density at radius 1 is 1.08 bits per heavy atom. The van der Waals surface area contributed by atoms with Crippen LogP contribution >= 0.6 is 0 Å². The number of halogens is 5. The molecule has 0 saturated carbocycles. The molecule has 2 aromatic heterocycles. The van der Waals surface area contributed by atoms with E-state index in [2.05, 4.69) is 15.0 Å². The molecule has 1 saturated heterocycles. The number of piperidine rings is 1. The molecular formula is C34H33F5N6O5S. The number of aromatic amines is 1. The minimum atomic E-state index is -4.72. The number of hydrogen-bond donors (Lipinski definition) is 3. The minimum absolute atomic E-state index is 0.116. The van der Waals surface area contributed by atoms with Gasteiger partial charge in [0.1, 0.15) is 17.1 Å². The van der Waals surface area contributed by atoms with Gasteiger partial charge in [-0.15, -0.1) is 0 Å². The maximum absolute atomic E-state index is 15.7. The third kappa shape index (κ3) is 8.36. The van der Waals surface area contributed by atoms with Crippen LogP contribution in [-0.2, 0) is 20.9 Å². The molecule has 0 aliphatic carbocycles. The summed E-state index contributed by atoms with van der Waals surface area (Å²) in [6.07, 6.45) is 1.52. The number of hydrogen-bond acceptors (Lipinski definition) is 8.